The highest BCUT2D eigenvalue weighted by Gasteiger charge is 2.38. The van der Waals surface area contributed by atoms with Gasteiger partial charge in [0.1, 0.15) is 5.82 Å². The monoisotopic (exact) mass is 299 g/mol. The molecule has 1 saturated carbocycles. The number of hydrogen-bond acceptors (Lipinski definition) is 3. The molecule has 1 aliphatic carbocycles. The van der Waals surface area contributed by atoms with Crippen LogP contribution in [-0.2, 0) is 10.0 Å². The first-order valence-corrected chi connectivity index (χ1v) is 7.87. The zero-order valence-electron chi connectivity index (χ0n) is 11.3. The number of benzene rings is 1. The molecule has 0 spiro atoms. The van der Waals surface area contributed by atoms with Crippen LogP contribution in [0.25, 0.3) is 0 Å². The van der Waals surface area contributed by atoms with Crippen molar-refractivity contribution in [1.29, 1.82) is 5.41 Å². The van der Waals surface area contributed by atoms with Crippen molar-refractivity contribution in [2.24, 2.45) is 5.73 Å². The number of aryl methyl sites for hydroxylation is 1. The molecule has 2 rings (SSSR count). The zero-order chi connectivity index (χ0) is 14.9. The van der Waals surface area contributed by atoms with Crippen LogP contribution >= 0.6 is 0 Å². The van der Waals surface area contributed by atoms with Crippen LogP contribution in [0.4, 0.5) is 4.39 Å². The third-order valence-corrected chi connectivity index (χ3v) is 5.39. The van der Waals surface area contributed by atoms with Gasteiger partial charge in [-0.1, -0.05) is 0 Å². The number of sulfonamides is 1. The van der Waals surface area contributed by atoms with E-state index >= 15 is 0 Å². The maximum atomic E-state index is 13.1. The van der Waals surface area contributed by atoms with E-state index in [0.717, 1.165) is 18.9 Å². The van der Waals surface area contributed by atoms with E-state index < -0.39 is 15.8 Å². The van der Waals surface area contributed by atoms with E-state index in [2.05, 4.69) is 0 Å². The first-order chi connectivity index (χ1) is 9.32. The number of nitrogens with two attached hydrogens (primary N) is 1. The average Bonchev–Trinajstić information content (AvgIpc) is 3.12. The minimum atomic E-state index is -3.67. The Kier molecular flexibility index (Phi) is 4.10. The molecule has 20 heavy (non-hydrogen) atoms. The fourth-order valence-corrected chi connectivity index (χ4v) is 4.01. The van der Waals surface area contributed by atoms with Crippen LogP contribution < -0.4 is 5.73 Å². The van der Waals surface area contributed by atoms with Crippen molar-refractivity contribution >= 4 is 15.9 Å². The molecule has 0 amide bonds. The molecule has 110 valence electrons. The van der Waals surface area contributed by atoms with Crippen molar-refractivity contribution in [3.63, 3.8) is 0 Å². The lowest BCUT2D eigenvalue weighted by molar-refractivity contribution is 0.412. The van der Waals surface area contributed by atoms with Gasteiger partial charge in [0.25, 0.3) is 0 Å². The van der Waals surface area contributed by atoms with E-state index in [1.54, 1.807) is 6.92 Å². The standard InChI is InChI=1S/C13H18FN3O2S/c1-9-8-10(14)2-5-12(9)20(18,19)17(11-3-4-11)7-6-13(15)16/h2,5,8,11H,3-4,6-7H2,1H3,(H3,15,16). The SMILES string of the molecule is Cc1cc(F)ccc1S(=O)(=O)N(CCC(=N)N)C1CC1. The Bertz CT molecular complexity index is 627. The van der Waals surface area contributed by atoms with E-state index in [-0.39, 0.29) is 29.7 Å². The highest BCUT2D eigenvalue weighted by Crippen LogP contribution is 2.33. The van der Waals surface area contributed by atoms with Gasteiger partial charge in [-0.05, 0) is 43.5 Å². The van der Waals surface area contributed by atoms with Gasteiger partial charge in [0, 0.05) is 19.0 Å². The van der Waals surface area contributed by atoms with Gasteiger partial charge in [0.15, 0.2) is 0 Å². The van der Waals surface area contributed by atoms with Crippen LogP contribution in [0.15, 0.2) is 23.1 Å². The third-order valence-electron chi connectivity index (χ3n) is 3.28. The Morgan fingerprint density at radius 3 is 2.65 bits per heavy atom. The van der Waals surface area contributed by atoms with Crippen LogP contribution in [-0.4, -0.2) is 31.1 Å². The normalized spacial score (nSPS) is 15.6. The molecule has 0 radical (unpaired) electrons. The third kappa shape index (κ3) is 3.16. The topological polar surface area (TPSA) is 87.2 Å². The molecule has 0 aliphatic heterocycles. The molecule has 0 unspecified atom stereocenters. The summed E-state index contributed by atoms with van der Waals surface area (Å²) in [5.74, 6) is -0.496. The number of amidine groups is 1. The van der Waals surface area contributed by atoms with Gasteiger partial charge in [0.05, 0.1) is 10.7 Å². The van der Waals surface area contributed by atoms with Crippen LogP contribution in [0.2, 0.25) is 0 Å². The molecule has 0 aromatic heterocycles. The Morgan fingerprint density at radius 1 is 1.50 bits per heavy atom. The summed E-state index contributed by atoms with van der Waals surface area (Å²) in [5.41, 5.74) is 5.69. The minimum Gasteiger partial charge on any atom is -0.388 e. The van der Waals surface area contributed by atoms with Crippen LogP contribution in [0.5, 0.6) is 0 Å². The van der Waals surface area contributed by atoms with Crippen molar-refractivity contribution in [1.82, 2.24) is 4.31 Å². The van der Waals surface area contributed by atoms with E-state index in [1.165, 1.54) is 16.4 Å². The lowest BCUT2D eigenvalue weighted by atomic mass is 10.2. The van der Waals surface area contributed by atoms with Crippen molar-refractivity contribution in [2.45, 2.75) is 37.1 Å². The summed E-state index contributed by atoms with van der Waals surface area (Å²) in [4.78, 5) is 0.120. The molecule has 7 heteroatoms. The second kappa shape index (κ2) is 5.49. The smallest absolute Gasteiger partial charge is 0.243 e. The maximum absolute atomic E-state index is 13.1. The quantitative estimate of drug-likeness (QED) is 0.618. The molecule has 0 atom stereocenters. The molecule has 1 aliphatic rings. The molecular weight excluding hydrogens is 281 g/mol. The molecule has 3 N–H and O–H groups in total. The van der Waals surface area contributed by atoms with Crippen molar-refractivity contribution in [3.8, 4) is 0 Å². The molecular formula is C13H18FN3O2S. The van der Waals surface area contributed by atoms with Crippen molar-refractivity contribution in [2.75, 3.05) is 6.54 Å². The number of hydrogen-bond donors (Lipinski definition) is 2. The molecule has 1 fully saturated rings. The van der Waals surface area contributed by atoms with Crippen LogP contribution in [0.3, 0.4) is 0 Å². The highest BCUT2D eigenvalue weighted by molar-refractivity contribution is 7.89. The molecule has 0 saturated heterocycles. The largest absolute Gasteiger partial charge is 0.388 e. The van der Waals surface area contributed by atoms with E-state index in [0.29, 0.717) is 5.56 Å². The summed E-state index contributed by atoms with van der Waals surface area (Å²) in [7, 11) is -3.67. The van der Waals surface area contributed by atoms with Crippen molar-refractivity contribution in [3.05, 3.63) is 29.6 Å². The number of nitrogens with zero attached hydrogens (tertiary/aromatic N) is 1. The second-order valence-electron chi connectivity index (χ2n) is 5.03. The molecule has 1 aromatic carbocycles. The predicted octanol–water partition coefficient (Wildman–Crippen LogP) is 1.61. The fourth-order valence-electron chi connectivity index (χ4n) is 2.12. The number of rotatable bonds is 6. The fraction of sp³-hybridized carbons (Fsp3) is 0.462. The Labute approximate surface area is 118 Å². The van der Waals surface area contributed by atoms with E-state index in [1.807, 2.05) is 0 Å². The van der Waals surface area contributed by atoms with Gasteiger partial charge >= 0.3 is 0 Å². The first kappa shape index (κ1) is 14.9. The van der Waals surface area contributed by atoms with Crippen LogP contribution in [0, 0.1) is 18.2 Å². The minimum absolute atomic E-state index is 0.0243. The predicted molar refractivity (Wildman–Crippen MR) is 74.6 cm³/mol. The summed E-state index contributed by atoms with van der Waals surface area (Å²) < 4.78 is 39.8. The lowest BCUT2D eigenvalue weighted by Gasteiger charge is -2.22. The van der Waals surface area contributed by atoms with Gasteiger partial charge < -0.3 is 5.73 Å². The van der Waals surface area contributed by atoms with Gasteiger partial charge in [0.2, 0.25) is 10.0 Å². The van der Waals surface area contributed by atoms with Gasteiger partial charge in [-0.3, -0.25) is 5.41 Å². The van der Waals surface area contributed by atoms with Crippen molar-refractivity contribution < 1.29 is 12.8 Å². The van der Waals surface area contributed by atoms with Crippen LogP contribution in [0.1, 0.15) is 24.8 Å². The molecule has 0 heterocycles. The second-order valence-corrected chi connectivity index (χ2v) is 6.89. The average molecular weight is 299 g/mol. The van der Waals surface area contributed by atoms with Gasteiger partial charge in [-0.15, -0.1) is 0 Å². The molecule has 1 aromatic rings. The molecule has 5 nitrogen and oxygen atoms in total. The first-order valence-electron chi connectivity index (χ1n) is 6.43. The van der Waals surface area contributed by atoms with E-state index in [4.69, 9.17) is 11.1 Å². The maximum Gasteiger partial charge on any atom is 0.243 e. The summed E-state index contributed by atoms with van der Waals surface area (Å²) >= 11 is 0. The summed E-state index contributed by atoms with van der Waals surface area (Å²) in [6.07, 6.45) is 1.84. The summed E-state index contributed by atoms with van der Waals surface area (Å²) in [6.45, 7) is 1.77. The Morgan fingerprint density at radius 2 is 2.15 bits per heavy atom. The summed E-state index contributed by atoms with van der Waals surface area (Å²) in [5, 5.41) is 7.24. The lowest BCUT2D eigenvalue weighted by Crippen LogP contribution is -2.36. The Balaban J connectivity index is 2.32. The van der Waals surface area contributed by atoms with Gasteiger partial charge in [-0.25, -0.2) is 12.8 Å². The highest BCUT2D eigenvalue weighted by atomic mass is 32.2. The van der Waals surface area contributed by atoms with E-state index in [9.17, 15) is 12.8 Å². The number of halogens is 1. The number of nitrogens with one attached hydrogen (secondary N) is 1. The molecule has 0 bridgehead atoms. The summed E-state index contributed by atoms with van der Waals surface area (Å²) in [6, 6.07) is 3.63. The zero-order valence-corrected chi connectivity index (χ0v) is 12.1. The van der Waals surface area contributed by atoms with Gasteiger partial charge in [-0.2, -0.15) is 4.31 Å². The Hall–Kier alpha value is -1.47.